The van der Waals surface area contributed by atoms with Crippen LogP contribution in [0.15, 0.2) is 4.79 Å². The number of aryl methyl sites for hydroxylation is 2. The van der Waals surface area contributed by atoms with Gasteiger partial charge < -0.3 is 15.6 Å². The minimum atomic E-state index is -0.0260. The maximum absolute atomic E-state index is 12.5. The molecule has 1 aliphatic heterocycles. The number of nitrogens with one attached hydrogen (secondary N) is 3. The SMILES string of the molecule is Cl.O=C(CSCc1nc2sc3c(c2c(=O)[nH]1)CCCC3)NCC1CNC1. The number of fused-ring (bicyclic) bond motifs is 3. The molecule has 0 saturated carbocycles. The second kappa shape index (κ2) is 8.73. The molecule has 1 fully saturated rings. The first-order chi connectivity index (χ1) is 12.2. The highest BCUT2D eigenvalue weighted by atomic mass is 35.5. The van der Waals surface area contributed by atoms with E-state index >= 15 is 0 Å². The van der Waals surface area contributed by atoms with Gasteiger partial charge in [-0.15, -0.1) is 35.5 Å². The fraction of sp³-hybridized carbons (Fsp3) is 0.588. The summed E-state index contributed by atoms with van der Waals surface area (Å²) in [5.41, 5.74) is 1.19. The first kappa shape index (κ1) is 19.7. The second-order valence-electron chi connectivity index (χ2n) is 6.72. The number of carbonyl (C=O) groups is 1. The number of aromatic nitrogens is 2. The molecule has 142 valence electrons. The molecular weight excluding hydrogens is 392 g/mol. The van der Waals surface area contributed by atoms with Crippen LogP contribution in [0.25, 0.3) is 10.2 Å². The van der Waals surface area contributed by atoms with Crippen LogP contribution in [0, 0.1) is 5.92 Å². The van der Waals surface area contributed by atoms with Gasteiger partial charge in [0.05, 0.1) is 16.9 Å². The highest BCUT2D eigenvalue weighted by Crippen LogP contribution is 2.33. The Labute approximate surface area is 166 Å². The standard InChI is InChI=1S/C17H22N4O2S2.ClH/c22-14(19-7-10-5-18-6-10)9-24-8-13-20-16(23)15-11-3-1-2-4-12(11)25-17(15)21-13;/h10,18H,1-9H2,(H,19,22)(H,20,21,23);1H. The minimum Gasteiger partial charge on any atom is -0.355 e. The number of nitrogens with zero attached hydrogens (tertiary/aromatic N) is 1. The lowest BCUT2D eigenvalue weighted by Gasteiger charge is -2.27. The van der Waals surface area contributed by atoms with Crippen LogP contribution < -0.4 is 16.2 Å². The average molecular weight is 415 g/mol. The van der Waals surface area contributed by atoms with E-state index in [-0.39, 0.29) is 23.9 Å². The fourth-order valence-corrected chi connectivity index (χ4v) is 5.32. The van der Waals surface area contributed by atoms with Crippen LogP contribution in [0.1, 0.15) is 29.1 Å². The van der Waals surface area contributed by atoms with E-state index in [1.54, 1.807) is 11.3 Å². The van der Waals surface area contributed by atoms with E-state index in [2.05, 4.69) is 20.6 Å². The van der Waals surface area contributed by atoms with Crippen molar-refractivity contribution in [2.45, 2.75) is 31.4 Å². The quantitative estimate of drug-likeness (QED) is 0.671. The average Bonchev–Trinajstić information content (AvgIpc) is 2.92. The predicted octanol–water partition coefficient (Wildman–Crippen LogP) is 1.85. The van der Waals surface area contributed by atoms with Gasteiger partial charge in [0, 0.05) is 30.4 Å². The molecule has 0 unspecified atom stereocenters. The number of hydrogen-bond acceptors (Lipinski definition) is 6. The minimum absolute atomic E-state index is 0. The molecule has 2 aromatic rings. The molecule has 9 heteroatoms. The number of thiophene rings is 1. The third-order valence-corrected chi connectivity index (χ3v) is 6.93. The monoisotopic (exact) mass is 414 g/mol. The Morgan fingerprint density at radius 2 is 2.12 bits per heavy atom. The maximum atomic E-state index is 12.5. The summed E-state index contributed by atoms with van der Waals surface area (Å²) < 4.78 is 0. The first-order valence-electron chi connectivity index (χ1n) is 8.79. The van der Waals surface area contributed by atoms with Crippen LogP contribution in [0.4, 0.5) is 0 Å². The highest BCUT2D eigenvalue weighted by molar-refractivity contribution is 7.99. The van der Waals surface area contributed by atoms with Gasteiger partial charge in [-0.3, -0.25) is 9.59 Å². The predicted molar refractivity (Wildman–Crippen MR) is 110 cm³/mol. The highest BCUT2D eigenvalue weighted by Gasteiger charge is 2.20. The molecule has 26 heavy (non-hydrogen) atoms. The molecule has 0 aromatic carbocycles. The summed E-state index contributed by atoms with van der Waals surface area (Å²) in [6, 6.07) is 0. The molecule has 3 heterocycles. The van der Waals surface area contributed by atoms with E-state index in [9.17, 15) is 9.59 Å². The van der Waals surface area contributed by atoms with Crippen LogP contribution >= 0.6 is 35.5 Å². The number of rotatable bonds is 6. The number of halogens is 1. The van der Waals surface area contributed by atoms with Gasteiger partial charge in [-0.1, -0.05) is 0 Å². The van der Waals surface area contributed by atoms with Crippen LogP contribution in [0.2, 0.25) is 0 Å². The molecule has 1 saturated heterocycles. The first-order valence-corrected chi connectivity index (χ1v) is 10.8. The van der Waals surface area contributed by atoms with E-state index in [4.69, 9.17) is 0 Å². The summed E-state index contributed by atoms with van der Waals surface area (Å²) in [7, 11) is 0. The molecule has 1 amide bonds. The normalized spacial score (nSPS) is 16.6. The Kier molecular flexibility index (Phi) is 6.60. The Morgan fingerprint density at radius 3 is 2.88 bits per heavy atom. The molecular formula is C17H23ClN4O2S2. The van der Waals surface area contributed by atoms with Crippen molar-refractivity contribution in [3.63, 3.8) is 0 Å². The van der Waals surface area contributed by atoms with Crippen molar-refractivity contribution in [1.82, 2.24) is 20.6 Å². The Balaban J connectivity index is 0.00000196. The molecule has 0 bridgehead atoms. The van der Waals surface area contributed by atoms with Crippen molar-refractivity contribution >= 4 is 51.6 Å². The molecule has 3 N–H and O–H groups in total. The zero-order valence-electron chi connectivity index (χ0n) is 14.4. The van der Waals surface area contributed by atoms with E-state index in [1.807, 2.05) is 0 Å². The van der Waals surface area contributed by atoms with Crippen molar-refractivity contribution in [2.24, 2.45) is 5.92 Å². The van der Waals surface area contributed by atoms with Crippen molar-refractivity contribution in [1.29, 1.82) is 0 Å². The topological polar surface area (TPSA) is 86.9 Å². The summed E-state index contributed by atoms with van der Waals surface area (Å²) >= 11 is 3.15. The zero-order valence-corrected chi connectivity index (χ0v) is 16.9. The van der Waals surface area contributed by atoms with E-state index in [0.717, 1.165) is 49.1 Å². The Hall–Kier alpha value is -1.09. The van der Waals surface area contributed by atoms with Gasteiger partial charge in [-0.2, -0.15) is 0 Å². The number of carbonyl (C=O) groups excluding carboxylic acids is 1. The van der Waals surface area contributed by atoms with Crippen LogP contribution in [0.3, 0.4) is 0 Å². The van der Waals surface area contributed by atoms with Gasteiger partial charge in [0.1, 0.15) is 10.7 Å². The van der Waals surface area contributed by atoms with Crippen molar-refractivity contribution in [2.75, 3.05) is 25.4 Å². The number of amides is 1. The van der Waals surface area contributed by atoms with E-state index in [0.29, 0.717) is 23.2 Å². The largest absolute Gasteiger partial charge is 0.355 e. The Morgan fingerprint density at radius 1 is 1.31 bits per heavy atom. The third-order valence-electron chi connectivity index (χ3n) is 4.80. The molecule has 6 nitrogen and oxygen atoms in total. The lowest BCUT2D eigenvalue weighted by molar-refractivity contribution is -0.118. The number of aromatic amines is 1. The second-order valence-corrected chi connectivity index (χ2v) is 8.79. The van der Waals surface area contributed by atoms with Crippen LogP contribution in [-0.4, -0.2) is 41.3 Å². The van der Waals surface area contributed by atoms with Gasteiger partial charge in [-0.25, -0.2) is 4.98 Å². The van der Waals surface area contributed by atoms with Gasteiger partial charge >= 0.3 is 0 Å². The van der Waals surface area contributed by atoms with Crippen molar-refractivity contribution in [3.8, 4) is 0 Å². The van der Waals surface area contributed by atoms with Gasteiger partial charge in [0.15, 0.2) is 0 Å². The number of thioether (sulfide) groups is 1. The lowest BCUT2D eigenvalue weighted by atomic mass is 9.97. The number of H-pyrrole nitrogens is 1. The molecule has 0 atom stereocenters. The van der Waals surface area contributed by atoms with Crippen molar-refractivity contribution < 1.29 is 4.79 Å². The van der Waals surface area contributed by atoms with Crippen LogP contribution in [-0.2, 0) is 23.4 Å². The summed E-state index contributed by atoms with van der Waals surface area (Å²) in [4.78, 5) is 34.0. The molecule has 2 aromatic heterocycles. The van der Waals surface area contributed by atoms with Gasteiger partial charge in [0.25, 0.3) is 5.56 Å². The maximum Gasteiger partial charge on any atom is 0.259 e. The third kappa shape index (κ3) is 4.24. The van der Waals surface area contributed by atoms with Crippen molar-refractivity contribution in [3.05, 3.63) is 26.6 Å². The van der Waals surface area contributed by atoms with E-state index < -0.39 is 0 Å². The molecule has 2 aliphatic rings. The molecule has 1 aliphatic carbocycles. The molecule has 0 spiro atoms. The molecule has 4 rings (SSSR count). The Bertz CT molecular complexity index is 847. The smallest absolute Gasteiger partial charge is 0.259 e. The van der Waals surface area contributed by atoms with Crippen LogP contribution in [0.5, 0.6) is 0 Å². The van der Waals surface area contributed by atoms with Gasteiger partial charge in [-0.05, 0) is 31.2 Å². The summed E-state index contributed by atoms with van der Waals surface area (Å²) in [5, 5.41) is 6.94. The fourth-order valence-electron chi connectivity index (χ4n) is 3.32. The summed E-state index contributed by atoms with van der Waals surface area (Å²) in [6.07, 6.45) is 4.41. The summed E-state index contributed by atoms with van der Waals surface area (Å²) in [5.74, 6) is 2.22. The zero-order chi connectivity index (χ0) is 17.2. The number of hydrogen-bond donors (Lipinski definition) is 3. The van der Waals surface area contributed by atoms with E-state index in [1.165, 1.54) is 28.6 Å². The van der Waals surface area contributed by atoms with Gasteiger partial charge in [0.2, 0.25) is 5.91 Å². The lowest BCUT2D eigenvalue weighted by Crippen LogP contribution is -2.48. The summed E-state index contributed by atoms with van der Waals surface area (Å²) in [6.45, 7) is 2.72. The molecule has 0 radical (unpaired) electrons.